The van der Waals surface area contributed by atoms with Gasteiger partial charge in [-0.25, -0.2) is 9.36 Å². The molecular weight excluding hydrogens is 386 g/mol. The number of rotatable bonds is 5. The quantitative estimate of drug-likeness (QED) is 0.499. The second kappa shape index (κ2) is 7.61. The Bertz CT molecular complexity index is 997. The van der Waals surface area contributed by atoms with E-state index in [9.17, 15) is 4.79 Å². The van der Waals surface area contributed by atoms with Crippen LogP contribution in [0.4, 0.5) is 5.69 Å². The lowest BCUT2D eigenvalue weighted by atomic mass is 10.2. The van der Waals surface area contributed by atoms with E-state index < -0.39 is 5.25 Å². The van der Waals surface area contributed by atoms with Gasteiger partial charge in [-0.05, 0) is 51.5 Å². The van der Waals surface area contributed by atoms with Gasteiger partial charge in [0.1, 0.15) is 0 Å². The number of aryl methyl sites for hydroxylation is 3. The van der Waals surface area contributed by atoms with Crippen LogP contribution in [0.2, 0.25) is 5.02 Å². The molecule has 0 spiro atoms. The van der Waals surface area contributed by atoms with Crippen LogP contribution < -0.4 is 11.2 Å². The molecule has 0 fully saturated rings. The normalized spacial score (nSPS) is 12.2. The summed E-state index contributed by atoms with van der Waals surface area (Å²) in [4.78, 5) is 12.5. The Morgan fingerprint density at radius 3 is 2.67 bits per heavy atom. The molecule has 0 aliphatic rings. The summed E-state index contributed by atoms with van der Waals surface area (Å²) in [6.07, 6.45) is 0. The molecule has 3 aromatic rings. The topological polar surface area (TPSA) is 104 Å². The number of carbonyl (C=O) groups excluding carboxylic acids is 1. The van der Waals surface area contributed by atoms with Crippen molar-refractivity contribution in [3.05, 3.63) is 46.2 Å². The van der Waals surface area contributed by atoms with E-state index in [0.29, 0.717) is 21.8 Å². The van der Waals surface area contributed by atoms with Gasteiger partial charge in [0.25, 0.3) is 5.95 Å². The fourth-order valence-corrected chi connectivity index (χ4v) is 3.44. The van der Waals surface area contributed by atoms with Crippen LogP contribution in [0, 0.1) is 20.8 Å². The fraction of sp³-hybridized carbons (Fsp3) is 0.294. The Hall–Kier alpha value is -2.52. The smallest absolute Gasteiger partial charge is 0.271 e. The summed E-state index contributed by atoms with van der Waals surface area (Å²) in [5.41, 5.74) is 3.36. The standard InChI is InChI=1S/C17H20ClN7OS/c1-9-5-6-13(18)8-14(9)20-15(26)12(4)27-17-22-21-16(24(17)19)25-11(3)7-10(2)23-25/h5-8,12H,19H2,1-4H3,(H,20,26)/t12-/m0/s1. The molecule has 1 amide bonds. The van der Waals surface area contributed by atoms with Crippen LogP contribution in [-0.4, -0.2) is 35.8 Å². The fourth-order valence-electron chi connectivity index (χ4n) is 2.50. The summed E-state index contributed by atoms with van der Waals surface area (Å²) in [6, 6.07) is 7.28. The lowest BCUT2D eigenvalue weighted by Crippen LogP contribution is -2.24. The third kappa shape index (κ3) is 4.09. The number of aromatic nitrogens is 5. The molecule has 1 atom stereocenters. The monoisotopic (exact) mass is 405 g/mol. The zero-order chi connectivity index (χ0) is 19.7. The lowest BCUT2D eigenvalue weighted by Gasteiger charge is -2.13. The first-order valence-corrected chi connectivity index (χ1v) is 9.50. The van der Waals surface area contributed by atoms with E-state index in [0.717, 1.165) is 17.0 Å². The van der Waals surface area contributed by atoms with E-state index in [1.165, 1.54) is 16.4 Å². The van der Waals surface area contributed by atoms with Crippen molar-refractivity contribution in [1.29, 1.82) is 0 Å². The van der Waals surface area contributed by atoms with Crippen LogP contribution in [-0.2, 0) is 4.79 Å². The van der Waals surface area contributed by atoms with Crippen LogP contribution in [0.25, 0.3) is 5.95 Å². The average Bonchev–Trinajstić information content (AvgIpc) is 3.12. The zero-order valence-electron chi connectivity index (χ0n) is 15.4. The van der Waals surface area contributed by atoms with Gasteiger partial charge in [-0.1, -0.05) is 29.4 Å². The van der Waals surface area contributed by atoms with E-state index in [-0.39, 0.29) is 5.91 Å². The van der Waals surface area contributed by atoms with Gasteiger partial charge in [-0.3, -0.25) is 4.79 Å². The summed E-state index contributed by atoms with van der Waals surface area (Å²) in [6.45, 7) is 7.48. The van der Waals surface area contributed by atoms with Crippen molar-refractivity contribution in [3.63, 3.8) is 0 Å². The molecule has 0 aliphatic carbocycles. The van der Waals surface area contributed by atoms with Crippen LogP contribution in [0.1, 0.15) is 23.9 Å². The zero-order valence-corrected chi connectivity index (χ0v) is 17.0. The predicted molar refractivity (Wildman–Crippen MR) is 107 cm³/mol. The average molecular weight is 406 g/mol. The maximum atomic E-state index is 12.5. The number of amides is 1. The van der Waals surface area contributed by atoms with Gasteiger partial charge in [0.05, 0.1) is 10.9 Å². The number of nitrogens with zero attached hydrogens (tertiary/aromatic N) is 5. The molecule has 142 valence electrons. The van der Waals surface area contributed by atoms with Crippen molar-refractivity contribution in [2.75, 3.05) is 11.2 Å². The Morgan fingerprint density at radius 1 is 1.26 bits per heavy atom. The number of thioether (sulfide) groups is 1. The van der Waals surface area contributed by atoms with Crippen molar-refractivity contribution in [1.82, 2.24) is 24.7 Å². The minimum atomic E-state index is -0.441. The highest BCUT2D eigenvalue weighted by atomic mass is 35.5. The van der Waals surface area contributed by atoms with Crippen molar-refractivity contribution in [3.8, 4) is 5.95 Å². The third-order valence-corrected chi connectivity index (χ3v) is 5.25. The van der Waals surface area contributed by atoms with E-state index in [2.05, 4.69) is 20.6 Å². The number of benzene rings is 1. The van der Waals surface area contributed by atoms with Crippen LogP contribution in [0.5, 0.6) is 0 Å². The predicted octanol–water partition coefficient (Wildman–Crippen LogP) is 2.88. The van der Waals surface area contributed by atoms with Gasteiger partial charge in [-0.15, -0.1) is 10.2 Å². The highest BCUT2D eigenvalue weighted by Crippen LogP contribution is 2.25. The van der Waals surface area contributed by atoms with Crippen molar-refractivity contribution >= 4 is 35.0 Å². The van der Waals surface area contributed by atoms with Gasteiger partial charge < -0.3 is 11.2 Å². The number of nitrogen functional groups attached to an aromatic ring is 1. The van der Waals surface area contributed by atoms with Gasteiger partial charge in [0.2, 0.25) is 11.1 Å². The van der Waals surface area contributed by atoms with Crippen LogP contribution >= 0.6 is 23.4 Å². The minimum Gasteiger partial charge on any atom is -0.334 e. The van der Waals surface area contributed by atoms with Crippen LogP contribution in [0.3, 0.4) is 0 Å². The van der Waals surface area contributed by atoms with Gasteiger partial charge in [-0.2, -0.15) is 5.10 Å². The van der Waals surface area contributed by atoms with Crippen LogP contribution in [0.15, 0.2) is 29.4 Å². The molecule has 0 saturated carbocycles. The minimum absolute atomic E-state index is 0.180. The SMILES string of the molecule is Cc1cc(C)n(-c2nnc(S[C@@H](C)C(=O)Nc3cc(Cl)ccc3C)n2N)n1. The molecule has 0 unspecified atom stereocenters. The molecule has 0 aliphatic heterocycles. The van der Waals surface area contributed by atoms with Crippen molar-refractivity contribution in [2.45, 2.75) is 38.1 Å². The Kier molecular flexibility index (Phi) is 5.43. The number of nitrogens with one attached hydrogen (secondary N) is 1. The second-order valence-corrected chi connectivity index (χ2v) is 7.94. The van der Waals surface area contributed by atoms with Crippen molar-refractivity contribution in [2.24, 2.45) is 0 Å². The molecule has 27 heavy (non-hydrogen) atoms. The van der Waals surface area contributed by atoms with E-state index in [1.807, 2.05) is 32.9 Å². The van der Waals surface area contributed by atoms with Crippen molar-refractivity contribution < 1.29 is 4.79 Å². The lowest BCUT2D eigenvalue weighted by molar-refractivity contribution is -0.115. The van der Waals surface area contributed by atoms with Gasteiger partial charge >= 0.3 is 0 Å². The number of halogens is 1. The largest absolute Gasteiger partial charge is 0.334 e. The maximum Gasteiger partial charge on any atom is 0.271 e. The number of anilines is 1. The number of carbonyl (C=O) groups is 1. The molecule has 2 heterocycles. The summed E-state index contributed by atoms with van der Waals surface area (Å²) in [5, 5.41) is 16.0. The first kappa shape index (κ1) is 19.2. The molecule has 0 bridgehead atoms. The molecule has 3 rings (SSSR count). The summed E-state index contributed by atoms with van der Waals surface area (Å²) < 4.78 is 2.95. The summed E-state index contributed by atoms with van der Waals surface area (Å²) in [5.74, 6) is 6.33. The number of hydrogen-bond donors (Lipinski definition) is 2. The molecule has 0 radical (unpaired) electrons. The van der Waals surface area contributed by atoms with E-state index >= 15 is 0 Å². The molecule has 1 aromatic carbocycles. The summed E-state index contributed by atoms with van der Waals surface area (Å²) >= 11 is 7.22. The van der Waals surface area contributed by atoms with Gasteiger partial charge in [0.15, 0.2) is 0 Å². The number of nitrogens with two attached hydrogens (primary N) is 1. The Balaban J connectivity index is 1.74. The molecule has 10 heteroatoms. The summed E-state index contributed by atoms with van der Waals surface area (Å²) in [7, 11) is 0. The molecule has 0 saturated heterocycles. The molecular formula is C17H20ClN7OS. The highest BCUT2D eigenvalue weighted by Gasteiger charge is 2.21. The first-order valence-electron chi connectivity index (χ1n) is 8.24. The highest BCUT2D eigenvalue weighted by molar-refractivity contribution is 8.00. The first-order chi connectivity index (χ1) is 12.8. The van der Waals surface area contributed by atoms with E-state index in [4.69, 9.17) is 17.4 Å². The Morgan fingerprint density at radius 2 is 2.00 bits per heavy atom. The third-order valence-electron chi connectivity index (χ3n) is 3.95. The molecule has 2 aromatic heterocycles. The molecule has 8 nitrogen and oxygen atoms in total. The van der Waals surface area contributed by atoms with E-state index in [1.54, 1.807) is 23.7 Å². The molecule has 3 N–H and O–H groups in total. The second-order valence-electron chi connectivity index (χ2n) is 6.20. The number of hydrogen-bond acceptors (Lipinski definition) is 6. The van der Waals surface area contributed by atoms with Gasteiger partial charge in [0, 0.05) is 16.4 Å². The Labute approximate surface area is 166 Å². The maximum absolute atomic E-state index is 12.5.